The van der Waals surface area contributed by atoms with E-state index in [1.807, 2.05) is 0 Å². The lowest BCUT2D eigenvalue weighted by molar-refractivity contribution is 0.0997. The van der Waals surface area contributed by atoms with Gasteiger partial charge in [0, 0.05) is 10.6 Å². The molecule has 1 amide bonds. The van der Waals surface area contributed by atoms with Crippen molar-refractivity contribution in [3.63, 3.8) is 0 Å². The van der Waals surface area contributed by atoms with Gasteiger partial charge in [0.2, 0.25) is 0 Å². The molecular formula is C18H9Cl3N2O2S. The van der Waals surface area contributed by atoms with Crippen LogP contribution in [0.5, 0.6) is 0 Å². The van der Waals surface area contributed by atoms with Gasteiger partial charge in [0.25, 0.3) is 5.91 Å². The minimum absolute atomic E-state index is 0.170. The maximum absolute atomic E-state index is 12.4. The van der Waals surface area contributed by atoms with E-state index in [-0.39, 0.29) is 11.7 Å². The van der Waals surface area contributed by atoms with Crippen molar-refractivity contribution >= 4 is 67.4 Å². The summed E-state index contributed by atoms with van der Waals surface area (Å²) < 4.78 is 6.53. The van der Waals surface area contributed by atoms with E-state index in [0.29, 0.717) is 26.0 Å². The predicted molar refractivity (Wildman–Crippen MR) is 107 cm³/mol. The monoisotopic (exact) mass is 422 g/mol. The normalized spacial score (nSPS) is 11.0. The second-order valence-corrected chi connectivity index (χ2v) is 7.66. The number of thiazole rings is 1. The molecule has 0 aliphatic rings. The molecule has 0 fully saturated rings. The molecule has 0 bridgehead atoms. The molecule has 2 aromatic carbocycles. The molecule has 2 heterocycles. The van der Waals surface area contributed by atoms with E-state index >= 15 is 0 Å². The molecular weight excluding hydrogens is 415 g/mol. The van der Waals surface area contributed by atoms with Crippen molar-refractivity contribution < 1.29 is 9.21 Å². The van der Waals surface area contributed by atoms with Crippen LogP contribution in [0.2, 0.25) is 15.1 Å². The van der Waals surface area contributed by atoms with Crippen LogP contribution in [0.25, 0.3) is 21.5 Å². The van der Waals surface area contributed by atoms with E-state index in [0.717, 1.165) is 15.8 Å². The van der Waals surface area contributed by atoms with Gasteiger partial charge in [-0.1, -0.05) is 46.1 Å². The third-order valence-electron chi connectivity index (χ3n) is 3.60. The van der Waals surface area contributed by atoms with Crippen LogP contribution >= 0.6 is 46.1 Å². The van der Waals surface area contributed by atoms with Gasteiger partial charge in [0.15, 0.2) is 10.9 Å². The van der Waals surface area contributed by atoms with Crippen LogP contribution < -0.4 is 5.32 Å². The summed E-state index contributed by atoms with van der Waals surface area (Å²) in [6, 6.07) is 13.8. The van der Waals surface area contributed by atoms with Crippen LogP contribution in [-0.4, -0.2) is 10.9 Å². The summed E-state index contributed by atoms with van der Waals surface area (Å²) in [5.41, 5.74) is 1.50. The number of furan rings is 1. The first kappa shape index (κ1) is 17.4. The third-order valence-corrected chi connectivity index (χ3v) is 5.51. The molecule has 0 saturated carbocycles. The summed E-state index contributed by atoms with van der Waals surface area (Å²) in [5.74, 6) is 0.301. The van der Waals surface area contributed by atoms with Crippen LogP contribution in [0.4, 0.5) is 5.13 Å². The zero-order chi connectivity index (χ0) is 18.3. The number of benzene rings is 2. The minimum Gasteiger partial charge on any atom is -0.451 e. The van der Waals surface area contributed by atoms with Crippen molar-refractivity contribution in [2.75, 3.05) is 5.32 Å². The molecule has 0 aliphatic carbocycles. The number of nitrogens with zero attached hydrogens (tertiary/aromatic N) is 1. The summed E-state index contributed by atoms with van der Waals surface area (Å²) in [7, 11) is 0. The number of amides is 1. The lowest BCUT2D eigenvalue weighted by Gasteiger charge is -2.00. The van der Waals surface area contributed by atoms with Crippen molar-refractivity contribution in [1.82, 2.24) is 4.98 Å². The van der Waals surface area contributed by atoms with E-state index < -0.39 is 0 Å². The zero-order valence-corrected chi connectivity index (χ0v) is 16.0. The smallest absolute Gasteiger partial charge is 0.293 e. The van der Waals surface area contributed by atoms with Gasteiger partial charge in [-0.3, -0.25) is 10.1 Å². The lowest BCUT2D eigenvalue weighted by Crippen LogP contribution is -2.10. The van der Waals surface area contributed by atoms with Gasteiger partial charge in [-0.05, 0) is 48.5 Å². The molecule has 2 aromatic heterocycles. The molecule has 0 unspecified atom stereocenters. The van der Waals surface area contributed by atoms with Gasteiger partial charge < -0.3 is 4.42 Å². The first-order valence-corrected chi connectivity index (χ1v) is 9.37. The van der Waals surface area contributed by atoms with E-state index in [9.17, 15) is 4.79 Å². The van der Waals surface area contributed by atoms with Crippen LogP contribution in [0.3, 0.4) is 0 Å². The number of rotatable bonds is 3. The number of fused-ring (bicyclic) bond motifs is 1. The number of carbonyl (C=O) groups excluding carboxylic acids is 1. The summed E-state index contributed by atoms with van der Waals surface area (Å²) in [6.07, 6.45) is 0. The van der Waals surface area contributed by atoms with Gasteiger partial charge in [-0.25, -0.2) is 4.98 Å². The predicted octanol–water partition coefficient (Wildman–Crippen LogP) is 6.77. The van der Waals surface area contributed by atoms with Gasteiger partial charge in [0.05, 0.1) is 20.3 Å². The Labute approximate surface area is 167 Å². The molecule has 0 atom stereocenters. The zero-order valence-electron chi connectivity index (χ0n) is 12.9. The van der Waals surface area contributed by atoms with E-state index in [1.54, 1.807) is 48.5 Å². The molecule has 4 rings (SSSR count). The minimum atomic E-state index is -0.388. The average Bonchev–Trinajstić information content (AvgIpc) is 3.23. The van der Waals surface area contributed by atoms with Crippen LogP contribution in [0, 0.1) is 0 Å². The van der Waals surface area contributed by atoms with Gasteiger partial charge in [0.1, 0.15) is 5.76 Å². The highest BCUT2D eigenvalue weighted by Crippen LogP contribution is 2.31. The number of hydrogen-bond acceptors (Lipinski definition) is 4. The molecule has 8 heteroatoms. The number of hydrogen-bond donors (Lipinski definition) is 1. The number of aromatic nitrogens is 1. The van der Waals surface area contributed by atoms with Crippen molar-refractivity contribution in [3.8, 4) is 11.3 Å². The summed E-state index contributed by atoms with van der Waals surface area (Å²) in [6.45, 7) is 0. The highest BCUT2D eigenvalue weighted by Gasteiger charge is 2.15. The fourth-order valence-corrected chi connectivity index (χ4v) is 3.81. The third kappa shape index (κ3) is 3.44. The van der Waals surface area contributed by atoms with E-state index in [2.05, 4.69) is 10.3 Å². The Kier molecular flexibility index (Phi) is 4.63. The molecule has 130 valence electrons. The quantitative estimate of drug-likeness (QED) is 0.395. The topological polar surface area (TPSA) is 55.1 Å². The summed E-state index contributed by atoms with van der Waals surface area (Å²) in [4.78, 5) is 16.8. The van der Waals surface area contributed by atoms with Crippen molar-refractivity contribution in [1.29, 1.82) is 0 Å². The lowest BCUT2D eigenvalue weighted by atomic mass is 10.2. The van der Waals surface area contributed by atoms with E-state index in [4.69, 9.17) is 39.2 Å². The summed E-state index contributed by atoms with van der Waals surface area (Å²) in [5, 5.41) is 4.70. The fraction of sp³-hybridized carbons (Fsp3) is 0. The van der Waals surface area contributed by atoms with Gasteiger partial charge >= 0.3 is 0 Å². The maximum atomic E-state index is 12.4. The first-order chi connectivity index (χ1) is 12.5. The molecule has 0 saturated heterocycles. The Balaban J connectivity index is 1.56. The van der Waals surface area contributed by atoms with E-state index in [1.165, 1.54) is 11.3 Å². The fourth-order valence-electron chi connectivity index (χ4n) is 2.38. The molecule has 4 aromatic rings. The maximum Gasteiger partial charge on any atom is 0.293 e. The van der Waals surface area contributed by atoms with Crippen molar-refractivity contribution in [2.24, 2.45) is 0 Å². The molecule has 26 heavy (non-hydrogen) atoms. The molecule has 4 nitrogen and oxygen atoms in total. The van der Waals surface area contributed by atoms with Crippen LogP contribution in [0.1, 0.15) is 10.6 Å². The Hall–Kier alpha value is -2.05. The largest absolute Gasteiger partial charge is 0.451 e. The standard InChI is InChI=1S/C18H9Cl3N2O2S/c19-10-2-4-13-16(8-10)26-18(22-13)23-17(24)15-6-5-14(25-15)9-1-3-11(20)12(21)7-9/h1-8H,(H,22,23,24). The Morgan fingerprint density at radius 1 is 1.00 bits per heavy atom. The highest BCUT2D eigenvalue weighted by molar-refractivity contribution is 7.22. The van der Waals surface area contributed by atoms with Crippen LogP contribution in [0.15, 0.2) is 52.9 Å². The second-order valence-electron chi connectivity index (χ2n) is 5.38. The Morgan fingerprint density at radius 3 is 2.65 bits per heavy atom. The number of nitrogens with one attached hydrogen (secondary N) is 1. The molecule has 0 spiro atoms. The van der Waals surface area contributed by atoms with Gasteiger partial charge in [-0.2, -0.15) is 0 Å². The molecule has 1 N–H and O–H groups in total. The number of anilines is 1. The summed E-state index contributed by atoms with van der Waals surface area (Å²) >= 11 is 19.2. The second kappa shape index (κ2) is 6.93. The average molecular weight is 424 g/mol. The number of halogens is 3. The van der Waals surface area contributed by atoms with Crippen LogP contribution in [-0.2, 0) is 0 Å². The SMILES string of the molecule is O=C(Nc1nc2ccc(Cl)cc2s1)c1ccc(-c2ccc(Cl)c(Cl)c2)o1. The first-order valence-electron chi connectivity index (χ1n) is 7.42. The molecule has 0 aliphatic heterocycles. The Bertz CT molecular complexity index is 1140. The molecule has 0 radical (unpaired) electrons. The Morgan fingerprint density at radius 2 is 1.85 bits per heavy atom. The van der Waals surface area contributed by atoms with Gasteiger partial charge in [-0.15, -0.1) is 0 Å². The van der Waals surface area contributed by atoms with Crippen molar-refractivity contribution in [3.05, 3.63) is 69.4 Å². The highest BCUT2D eigenvalue weighted by atomic mass is 35.5. The van der Waals surface area contributed by atoms with Crippen molar-refractivity contribution in [2.45, 2.75) is 0 Å². The number of carbonyl (C=O) groups is 1.